The van der Waals surface area contributed by atoms with Crippen LogP contribution >= 0.6 is 15.9 Å². The molecule has 1 aliphatic rings. The van der Waals surface area contributed by atoms with Crippen molar-refractivity contribution in [3.63, 3.8) is 0 Å². The predicted molar refractivity (Wildman–Crippen MR) is 45.3 cm³/mol. The monoisotopic (exact) mass is 231 g/mol. The van der Waals surface area contributed by atoms with Crippen LogP contribution in [0.15, 0.2) is 22.7 Å². The molecule has 0 aromatic carbocycles. The van der Waals surface area contributed by atoms with E-state index in [2.05, 4.69) is 15.9 Å². The second kappa shape index (κ2) is 2.84. The zero-order chi connectivity index (χ0) is 9.35. The number of hydrogen-bond acceptors (Lipinski definition) is 3. The van der Waals surface area contributed by atoms with Crippen molar-refractivity contribution in [3.05, 3.63) is 22.7 Å². The molecule has 0 radical (unpaired) electrons. The summed E-state index contributed by atoms with van der Waals surface area (Å²) in [5.74, 6) is -1.22. The van der Waals surface area contributed by atoms with Gasteiger partial charge in [0, 0.05) is 0 Å². The van der Waals surface area contributed by atoms with E-state index in [0.717, 1.165) is 18.2 Å². The normalized spacial score (nSPS) is 28.5. The van der Waals surface area contributed by atoms with Gasteiger partial charge in [0.25, 0.3) is 5.91 Å². The Morgan fingerprint density at radius 3 is 2.67 bits per heavy atom. The molecule has 0 bridgehead atoms. The smallest absolute Gasteiger partial charge is 0.257 e. The van der Waals surface area contributed by atoms with Gasteiger partial charge >= 0.3 is 0 Å². The minimum Gasteiger partial charge on any atom is -0.373 e. The quantitative estimate of drug-likeness (QED) is 0.646. The zero-order valence-corrected chi connectivity index (χ0v) is 7.54. The fourth-order valence-corrected chi connectivity index (χ4v) is 1.23. The van der Waals surface area contributed by atoms with Gasteiger partial charge in [-0.05, 0) is 34.2 Å². The topological polar surface area (TPSA) is 80.4 Å². The van der Waals surface area contributed by atoms with Crippen LogP contribution in [-0.2, 0) is 9.59 Å². The fourth-order valence-electron chi connectivity index (χ4n) is 0.748. The number of halogens is 1. The van der Waals surface area contributed by atoms with Gasteiger partial charge in [0.2, 0.25) is 0 Å². The van der Waals surface area contributed by atoms with Gasteiger partial charge in [-0.3, -0.25) is 9.59 Å². The minimum absolute atomic E-state index is 0.131. The summed E-state index contributed by atoms with van der Waals surface area (Å²) in [5.41, 5.74) is 3.05. The fraction of sp³-hybridized carbons (Fsp3) is 0.143. The molecule has 64 valence electrons. The highest BCUT2D eigenvalue weighted by Crippen LogP contribution is 2.21. The van der Waals surface area contributed by atoms with Crippen LogP contribution in [0.25, 0.3) is 0 Å². The number of allylic oxidation sites excluding steroid dienone is 2. The number of aliphatic hydroxyl groups is 1. The van der Waals surface area contributed by atoms with Crippen LogP contribution in [0.3, 0.4) is 0 Å². The van der Waals surface area contributed by atoms with Crippen molar-refractivity contribution < 1.29 is 14.7 Å². The number of amides is 1. The Bertz CT molecular complexity index is 308. The summed E-state index contributed by atoms with van der Waals surface area (Å²) in [5, 5.41) is 9.42. The van der Waals surface area contributed by atoms with E-state index in [1.165, 1.54) is 0 Å². The highest BCUT2D eigenvalue weighted by atomic mass is 79.9. The van der Waals surface area contributed by atoms with Crippen LogP contribution in [0.4, 0.5) is 0 Å². The van der Waals surface area contributed by atoms with Gasteiger partial charge in [-0.1, -0.05) is 0 Å². The van der Waals surface area contributed by atoms with Crippen molar-refractivity contribution in [2.24, 2.45) is 5.73 Å². The number of ketones is 1. The first kappa shape index (κ1) is 9.15. The summed E-state index contributed by atoms with van der Waals surface area (Å²) in [4.78, 5) is 21.5. The number of carbonyl (C=O) groups is 2. The predicted octanol–water partition coefficient (Wildman–Crippen LogP) is -0.379. The van der Waals surface area contributed by atoms with Gasteiger partial charge in [-0.25, -0.2) is 0 Å². The minimum atomic E-state index is -1.84. The van der Waals surface area contributed by atoms with Crippen molar-refractivity contribution >= 4 is 27.6 Å². The summed E-state index contributed by atoms with van der Waals surface area (Å²) >= 11 is 2.89. The van der Waals surface area contributed by atoms with Gasteiger partial charge < -0.3 is 10.8 Å². The number of carbonyl (C=O) groups excluding carboxylic acids is 2. The van der Waals surface area contributed by atoms with Crippen LogP contribution in [0, 0.1) is 0 Å². The van der Waals surface area contributed by atoms with E-state index in [4.69, 9.17) is 5.73 Å². The molecule has 0 saturated carbocycles. The number of nitrogens with two attached hydrogens (primary N) is 1. The first-order valence-corrected chi connectivity index (χ1v) is 3.89. The SMILES string of the molecule is NC(=O)[C@@]1(O)C=CC(=O)C(Br)=C1. The average Bonchev–Trinajstić information content (AvgIpc) is 1.97. The molecule has 0 fully saturated rings. The van der Waals surface area contributed by atoms with E-state index < -0.39 is 11.5 Å². The summed E-state index contributed by atoms with van der Waals surface area (Å²) in [7, 11) is 0. The lowest BCUT2D eigenvalue weighted by molar-refractivity contribution is -0.128. The Morgan fingerprint density at radius 1 is 1.67 bits per heavy atom. The third-order valence-corrected chi connectivity index (χ3v) is 2.09. The lowest BCUT2D eigenvalue weighted by Gasteiger charge is -2.18. The van der Waals surface area contributed by atoms with Crippen LogP contribution in [0.1, 0.15) is 0 Å². The van der Waals surface area contributed by atoms with E-state index in [1.54, 1.807) is 0 Å². The second-order valence-electron chi connectivity index (χ2n) is 2.38. The van der Waals surface area contributed by atoms with E-state index in [9.17, 15) is 14.7 Å². The number of rotatable bonds is 1. The van der Waals surface area contributed by atoms with Crippen molar-refractivity contribution in [3.8, 4) is 0 Å². The van der Waals surface area contributed by atoms with Crippen LogP contribution in [-0.4, -0.2) is 22.4 Å². The van der Waals surface area contributed by atoms with Crippen molar-refractivity contribution in [2.75, 3.05) is 0 Å². The molecule has 0 aliphatic heterocycles. The van der Waals surface area contributed by atoms with Gasteiger partial charge in [-0.15, -0.1) is 0 Å². The van der Waals surface area contributed by atoms with E-state index in [0.29, 0.717) is 0 Å². The molecule has 0 aromatic rings. The molecule has 0 heterocycles. The standard InChI is InChI=1S/C7H6BrNO3/c8-4-3-7(12,6(9)11)2-1-5(4)10/h1-3,12H,(H2,9,11)/t7-/m1/s1. The van der Waals surface area contributed by atoms with Crippen LogP contribution < -0.4 is 5.73 Å². The highest BCUT2D eigenvalue weighted by Gasteiger charge is 2.32. The largest absolute Gasteiger partial charge is 0.373 e. The molecular formula is C7H6BrNO3. The lowest BCUT2D eigenvalue weighted by Crippen LogP contribution is -2.41. The molecular weight excluding hydrogens is 226 g/mol. The van der Waals surface area contributed by atoms with Gasteiger partial charge in [-0.2, -0.15) is 0 Å². The van der Waals surface area contributed by atoms with Gasteiger partial charge in [0.1, 0.15) is 0 Å². The van der Waals surface area contributed by atoms with E-state index >= 15 is 0 Å². The summed E-state index contributed by atoms with van der Waals surface area (Å²) < 4.78 is 0.131. The molecule has 1 aliphatic carbocycles. The van der Waals surface area contributed by atoms with Gasteiger partial charge in [0.15, 0.2) is 11.4 Å². The molecule has 0 aromatic heterocycles. The Morgan fingerprint density at radius 2 is 2.25 bits per heavy atom. The number of hydrogen-bond donors (Lipinski definition) is 2. The van der Waals surface area contributed by atoms with E-state index in [-0.39, 0.29) is 10.3 Å². The molecule has 1 amide bonds. The van der Waals surface area contributed by atoms with Gasteiger partial charge in [0.05, 0.1) is 4.48 Å². The Hall–Kier alpha value is -0.940. The molecule has 0 spiro atoms. The molecule has 0 saturated heterocycles. The second-order valence-corrected chi connectivity index (χ2v) is 3.23. The first-order chi connectivity index (χ1) is 5.46. The molecule has 4 nitrogen and oxygen atoms in total. The van der Waals surface area contributed by atoms with Crippen LogP contribution in [0.2, 0.25) is 0 Å². The van der Waals surface area contributed by atoms with Crippen LogP contribution in [0.5, 0.6) is 0 Å². The van der Waals surface area contributed by atoms with Crippen molar-refractivity contribution in [1.82, 2.24) is 0 Å². The average molecular weight is 232 g/mol. The maximum atomic E-state index is 10.8. The molecule has 1 rings (SSSR count). The lowest BCUT2D eigenvalue weighted by atomic mass is 9.97. The maximum absolute atomic E-state index is 10.8. The Labute approximate surface area is 76.9 Å². The highest BCUT2D eigenvalue weighted by molar-refractivity contribution is 9.12. The van der Waals surface area contributed by atoms with Crippen molar-refractivity contribution in [2.45, 2.75) is 5.60 Å². The molecule has 5 heteroatoms. The summed E-state index contributed by atoms with van der Waals surface area (Å²) in [6.45, 7) is 0. The Balaban J connectivity index is 3.07. The number of primary amides is 1. The molecule has 3 N–H and O–H groups in total. The molecule has 12 heavy (non-hydrogen) atoms. The third kappa shape index (κ3) is 1.46. The third-order valence-electron chi connectivity index (χ3n) is 1.47. The summed E-state index contributed by atoms with van der Waals surface area (Å²) in [6.07, 6.45) is 3.22. The molecule has 0 unspecified atom stereocenters. The first-order valence-electron chi connectivity index (χ1n) is 3.10. The zero-order valence-electron chi connectivity index (χ0n) is 5.95. The van der Waals surface area contributed by atoms with Crippen molar-refractivity contribution in [1.29, 1.82) is 0 Å². The Kier molecular flexibility index (Phi) is 2.16. The summed E-state index contributed by atoms with van der Waals surface area (Å²) in [6, 6.07) is 0. The van der Waals surface area contributed by atoms with E-state index in [1.807, 2.05) is 0 Å². The molecule has 1 atom stereocenters. The maximum Gasteiger partial charge on any atom is 0.257 e.